The molecule has 3 heterocycles. The molecule has 1 saturated heterocycles. The number of carbonyl (C=O) groups is 1. The summed E-state index contributed by atoms with van der Waals surface area (Å²) in [6.45, 7) is 0.150. The number of hydrogen-bond acceptors (Lipinski definition) is 3. The molecule has 1 fully saturated rings. The molecule has 0 radical (unpaired) electrons. The minimum Gasteiger partial charge on any atom is -0.338 e. The second kappa shape index (κ2) is 7.85. The molecule has 0 atom stereocenters. The number of alkyl halides is 2. The SMILES string of the molecule is Cn1cc(-c2ccc(Cc3[nH]nc4ccc(C(=O)N5CCC(F)(F)CC5)cc34)cc2)cn1. The van der Waals surface area contributed by atoms with E-state index in [1.165, 1.54) is 4.90 Å². The molecule has 32 heavy (non-hydrogen) atoms. The summed E-state index contributed by atoms with van der Waals surface area (Å²) in [7, 11) is 1.89. The highest BCUT2D eigenvalue weighted by Crippen LogP contribution is 2.29. The van der Waals surface area contributed by atoms with Crippen molar-refractivity contribution in [3.8, 4) is 11.1 Å². The Morgan fingerprint density at radius 1 is 1.09 bits per heavy atom. The third kappa shape index (κ3) is 4.00. The number of halogens is 2. The zero-order valence-corrected chi connectivity index (χ0v) is 17.7. The van der Waals surface area contributed by atoms with Crippen LogP contribution in [0.2, 0.25) is 0 Å². The number of likely N-dealkylation sites (tertiary alicyclic amines) is 1. The Morgan fingerprint density at radius 2 is 1.84 bits per heavy atom. The van der Waals surface area contributed by atoms with Crippen molar-refractivity contribution < 1.29 is 13.6 Å². The van der Waals surface area contributed by atoms with Crippen LogP contribution >= 0.6 is 0 Å². The van der Waals surface area contributed by atoms with Crippen LogP contribution in [0.5, 0.6) is 0 Å². The molecule has 164 valence electrons. The first kappa shape index (κ1) is 20.4. The summed E-state index contributed by atoms with van der Waals surface area (Å²) < 4.78 is 28.6. The van der Waals surface area contributed by atoms with Crippen molar-refractivity contribution in [3.63, 3.8) is 0 Å². The molecular weight excluding hydrogens is 412 g/mol. The topological polar surface area (TPSA) is 66.8 Å². The number of aryl methyl sites for hydroxylation is 1. The third-order valence-electron chi connectivity index (χ3n) is 6.04. The lowest BCUT2D eigenvalue weighted by Crippen LogP contribution is -2.42. The number of nitrogens with zero attached hydrogens (tertiary/aromatic N) is 4. The fourth-order valence-corrected chi connectivity index (χ4v) is 4.14. The normalized spacial score (nSPS) is 15.9. The van der Waals surface area contributed by atoms with Gasteiger partial charge in [0, 0.05) is 67.8 Å². The number of rotatable bonds is 4. The van der Waals surface area contributed by atoms with Crippen LogP contribution in [0.1, 0.15) is 34.5 Å². The predicted molar refractivity (Wildman–Crippen MR) is 118 cm³/mol. The van der Waals surface area contributed by atoms with E-state index in [1.54, 1.807) is 16.8 Å². The zero-order chi connectivity index (χ0) is 22.3. The second-order valence-corrected chi connectivity index (χ2v) is 8.36. The highest BCUT2D eigenvalue weighted by molar-refractivity contribution is 5.98. The van der Waals surface area contributed by atoms with Crippen molar-refractivity contribution in [1.82, 2.24) is 24.9 Å². The van der Waals surface area contributed by atoms with Crippen LogP contribution in [0.15, 0.2) is 54.9 Å². The van der Waals surface area contributed by atoms with Crippen molar-refractivity contribution in [2.45, 2.75) is 25.2 Å². The van der Waals surface area contributed by atoms with E-state index in [4.69, 9.17) is 0 Å². The van der Waals surface area contributed by atoms with Crippen LogP contribution in [-0.4, -0.2) is 49.8 Å². The van der Waals surface area contributed by atoms with Gasteiger partial charge in [-0.1, -0.05) is 24.3 Å². The summed E-state index contributed by atoms with van der Waals surface area (Å²) in [5, 5.41) is 12.5. The first-order valence-electron chi connectivity index (χ1n) is 10.6. The van der Waals surface area contributed by atoms with Gasteiger partial charge in [0.05, 0.1) is 11.7 Å². The van der Waals surface area contributed by atoms with Gasteiger partial charge in [0.1, 0.15) is 0 Å². The molecule has 0 unspecified atom stereocenters. The molecule has 1 aliphatic heterocycles. The Labute approximate surface area is 183 Å². The van der Waals surface area contributed by atoms with E-state index in [2.05, 4.69) is 39.6 Å². The molecule has 4 aromatic rings. The molecular formula is C24H23F2N5O. The molecule has 1 N–H and O–H groups in total. The number of benzene rings is 2. The van der Waals surface area contributed by atoms with Gasteiger partial charge in [-0.2, -0.15) is 10.2 Å². The number of hydrogen-bond donors (Lipinski definition) is 1. The Kier molecular flexibility index (Phi) is 5.00. The molecule has 2 aromatic heterocycles. The van der Waals surface area contributed by atoms with Crippen molar-refractivity contribution in [2.75, 3.05) is 13.1 Å². The summed E-state index contributed by atoms with van der Waals surface area (Å²) in [6, 6.07) is 13.6. The average molecular weight is 435 g/mol. The molecule has 1 aliphatic rings. The van der Waals surface area contributed by atoms with E-state index in [0.29, 0.717) is 12.0 Å². The van der Waals surface area contributed by atoms with Crippen molar-refractivity contribution in [3.05, 3.63) is 71.7 Å². The molecule has 6 nitrogen and oxygen atoms in total. The van der Waals surface area contributed by atoms with Crippen molar-refractivity contribution >= 4 is 16.8 Å². The highest BCUT2D eigenvalue weighted by Gasteiger charge is 2.35. The Balaban J connectivity index is 1.35. The van der Waals surface area contributed by atoms with Gasteiger partial charge in [-0.05, 0) is 29.3 Å². The van der Waals surface area contributed by atoms with Crippen LogP contribution in [0, 0.1) is 0 Å². The maximum Gasteiger partial charge on any atom is 0.253 e. The van der Waals surface area contributed by atoms with Crippen LogP contribution in [0.3, 0.4) is 0 Å². The van der Waals surface area contributed by atoms with Crippen LogP contribution < -0.4 is 0 Å². The molecule has 8 heteroatoms. The molecule has 0 aliphatic carbocycles. The number of nitrogens with one attached hydrogen (secondary N) is 1. The minimum atomic E-state index is -2.68. The van der Waals surface area contributed by atoms with Gasteiger partial charge < -0.3 is 4.90 Å². The maximum absolute atomic E-state index is 13.4. The van der Waals surface area contributed by atoms with E-state index in [-0.39, 0.29) is 31.8 Å². The van der Waals surface area contributed by atoms with Gasteiger partial charge in [0.25, 0.3) is 11.8 Å². The quantitative estimate of drug-likeness (QED) is 0.516. The summed E-state index contributed by atoms with van der Waals surface area (Å²) in [4.78, 5) is 14.4. The zero-order valence-electron chi connectivity index (χ0n) is 17.7. The van der Waals surface area contributed by atoms with Crippen LogP contribution in [0.4, 0.5) is 8.78 Å². The van der Waals surface area contributed by atoms with E-state index >= 15 is 0 Å². The Morgan fingerprint density at radius 3 is 2.53 bits per heavy atom. The van der Waals surface area contributed by atoms with E-state index in [0.717, 1.165) is 33.3 Å². The van der Waals surface area contributed by atoms with Gasteiger partial charge in [0.15, 0.2) is 0 Å². The standard InChI is InChI=1S/C24H23F2N5O/c1-30-15-19(14-27-30)17-4-2-16(3-5-17)12-22-20-13-18(6-7-21(20)28-29-22)23(32)31-10-8-24(25,26)9-11-31/h2-7,13-15H,8-12H2,1H3,(H,28,29). The molecule has 2 aromatic carbocycles. The van der Waals surface area contributed by atoms with Crippen molar-refractivity contribution in [1.29, 1.82) is 0 Å². The number of amides is 1. The largest absolute Gasteiger partial charge is 0.338 e. The molecule has 1 amide bonds. The second-order valence-electron chi connectivity index (χ2n) is 8.36. The molecule has 0 spiro atoms. The van der Waals surface area contributed by atoms with Crippen LogP contribution in [-0.2, 0) is 13.5 Å². The number of H-pyrrole nitrogens is 1. The van der Waals surface area contributed by atoms with Gasteiger partial charge >= 0.3 is 0 Å². The number of fused-ring (bicyclic) bond motifs is 1. The van der Waals surface area contributed by atoms with Gasteiger partial charge in [0.2, 0.25) is 0 Å². The maximum atomic E-state index is 13.4. The minimum absolute atomic E-state index is 0.0748. The summed E-state index contributed by atoms with van der Waals surface area (Å²) in [5.41, 5.74) is 5.44. The molecule has 0 saturated carbocycles. The highest BCUT2D eigenvalue weighted by atomic mass is 19.3. The van der Waals surface area contributed by atoms with E-state index in [1.807, 2.05) is 25.5 Å². The fraction of sp³-hybridized carbons (Fsp3) is 0.292. The molecule has 5 rings (SSSR count). The summed E-state index contributed by atoms with van der Waals surface area (Å²) in [5.74, 6) is -2.89. The Hall–Kier alpha value is -3.55. The lowest BCUT2D eigenvalue weighted by molar-refractivity contribution is -0.0494. The average Bonchev–Trinajstić information content (AvgIpc) is 3.40. The smallest absolute Gasteiger partial charge is 0.253 e. The lowest BCUT2D eigenvalue weighted by Gasteiger charge is -2.31. The van der Waals surface area contributed by atoms with Crippen LogP contribution in [0.25, 0.3) is 22.0 Å². The monoisotopic (exact) mass is 435 g/mol. The predicted octanol–water partition coefficient (Wildman–Crippen LogP) is 4.43. The third-order valence-corrected chi connectivity index (χ3v) is 6.04. The van der Waals surface area contributed by atoms with E-state index < -0.39 is 5.92 Å². The number of piperidine rings is 1. The van der Waals surface area contributed by atoms with E-state index in [9.17, 15) is 13.6 Å². The lowest BCUT2D eigenvalue weighted by atomic mass is 10.0. The summed E-state index contributed by atoms with van der Waals surface area (Å²) in [6.07, 6.45) is 3.87. The van der Waals surface area contributed by atoms with Gasteiger partial charge in [-0.3, -0.25) is 14.6 Å². The first-order valence-corrected chi connectivity index (χ1v) is 10.6. The van der Waals surface area contributed by atoms with Crippen molar-refractivity contribution in [2.24, 2.45) is 7.05 Å². The Bertz CT molecular complexity index is 1270. The number of carbonyl (C=O) groups excluding carboxylic acids is 1. The summed E-state index contributed by atoms with van der Waals surface area (Å²) >= 11 is 0. The van der Waals surface area contributed by atoms with Gasteiger partial charge in [-0.25, -0.2) is 8.78 Å². The number of aromatic nitrogens is 4. The molecule has 0 bridgehead atoms. The van der Waals surface area contributed by atoms with Gasteiger partial charge in [-0.15, -0.1) is 0 Å². The number of aromatic amines is 1. The first-order chi connectivity index (χ1) is 15.4. The fourth-order valence-electron chi connectivity index (χ4n) is 4.14.